The molecule has 1 amide bonds. The molecule has 0 spiro atoms. The summed E-state index contributed by atoms with van der Waals surface area (Å²) in [6.07, 6.45) is 5.03. The van der Waals surface area contributed by atoms with Crippen molar-refractivity contribution in [3.05, 3.63) is 0 Å². The van der Waals surface area contributed by atoms with Crippen molar-refractivity contribution in [2.75, 3.05) is 11.5 Å². The number of aliphatic carboxylic acids is 1. The molecule has 0 radical (unpaired) electrons. The van der Waals surface area contributed by atoms with Gasteiger partial charge in [0.15, 0.2) is 0 Å². The maximum absolute atomic E-state index is 12.5. The Labute approximate surface area is 125 Å². The minimum atomic E-state index is -1.02. The van der Waals surface area contributed by atoms with Gasteiger partial charge >= 0.3 is 5.97 Å². The molecule has 1 atom stereocenters. The van der Waals surface area contributed by atoms with E-state index in [-0.39, 0.29) is 17.2 Å². The lowest BCUT2D eigenvalue weighted by Gasteiger charge is -2.38. The van der Waals surface area contributed by atoms with E-state index >= 15 is 0 Å². The van der Waals surface area contributed by atoms with Gasteiger partial charge in [-0.1, -0.05) is 20.3 Å². The zero-order valence-electron chi connectivity index (χ0n) is 12.4. The number of thioether (sulfide) groups is 1. The summed E-state index contributed by atoms with van der Waals surface area (Å²) in [6.45, 7) is 4.38. The number of carbonyl (C=O) groups excluding carboxylic acids is 1. The van der Waals surface area contributed by atoms with Gasteiger partial charge in [0.2, 0.25) is 5.91 Å². The van der Waals surface area contributed by atoms with Gasteiger partial charge in [0.25, 0.3) is 0 Å². The van der Waals surface area contributed by atoms with Crippen molar-refractivity contribution in [1.29, 1.82) is 0 Å². The van der Waals surface area contributed by atoms with E-state index in [1.54, 1.807) is 11.8 Å². The zero-order chi connectivity index (χ0) is 14.8. The molecular weight excluding hydrogens is 274 g/mol. The van der Waals surface area contributed by atoms with Gasteiger partial charge in [0.05, 0.1) is 0 Å². The van der Waals surface area contributed by atoms with E-state index in [1.807, 2.05) is 0 Å². The Morgan fingerprint density at radius 3 is 2.40 bits per heavy atom. The molecule has 0 aromatic rings. The van der Waals surface area contributed by atoms with E-state index in [4.69, 9.17) is 0 Å². The van der Waals surface area contributed by atoms with E-state index in [1.165, 1.54) is 0 Å². The van der Waals surface area contributed by atoms with Crippen LogP contribution >= 0.6 is 11.8 Å². The van der Waals surface area contributed by atoms with E-state index < -0.39 is 11.5 Å². The molecule has 1 saturated heterocycles. The van der Waals surface area contributed by atoms with Crippen LogP contribution in [0.5, 0.6) is 0 Å². The molecule has 1 aliphatic carbocycles. The normalized spacial score (nSPS) is 28.6. The summed E-state index contributed by atoms with van der Waals surface area (Å²) in [6, 6.07) is 0. The molecule has 0 aromatic carbocycles. The topological polar surface area (TPSA) is 66.4 Å². The molecule has 2 N–H and O–H groups in total. The number of nitrogens with one attached hydrogen (secondary N) is 1. The molecule has 1 heterocycles. The average molecular weight is 299 g/mol. The van der Waals surface area contributed by atoms with Crippen molar-refractivity contribution >= 4 is 23.6 Å². The third-order valence-corrected chi connectivity index (χ3v) is 5.68. The standard InChI is InChI=1S/C15H25NO3S/c1-14(2)5-3-4-11(10-14)12(17)16-15(13(18)19)6-8-20-9-7-15/h11H,3-10H2,1-2H3,(H,16,17)(H,18,19). The smallest absolute Gasteiger partial charge is 0.329 e. The third kappa shape index (κ3) is 3.48. The third-order valence-electron chi connectivity index (χ3n) is 4.69. The zero-order valence-corrected chi connectivity index (χ0v) is 13.2. The number of carboxylic acid groups (broad SMARTS) is 1. The van der Waals surface area contributed by atoms with Crippen molar-refractivity contribution in [2.45, 2.75) is 57.9 Å². The average Bonchev–Trinajstić information content (AvgIpc) is 2.38. The number of carbonyl (C=O) groups is 2. The van der Waals surface area contributed by atoms with Gasteiger partial charge in [0.1, 0.15) is 5.54 Å². The van der Waals surface area contributed by atoms with Crippen LogP contribution in [-0.2, 0) is 9.59 Å². The summed E-state index contributed by atoms with van der Waals surface area (Å²) in [5.41, 5.74) is -0.830. The van der Waals surface area contributed by atoms with Crippen molar-refractivity contribution in [1.82, 2.24) is 5.32 Å². The van der Waals surface area contributed by atoms with Crippen LogP contribution in [0.2, 0.25) is 0 Å². The molecule has 1 saturated carbocycles. The van der Waals surface area contributed by atoms with Crippen LogP contribution in [0.25, 0.3) is 0 Å². The Bertz CT molecular complexity index is 389. The highest BCUT2D eigenvalue weighted by Crippen LogP contribution is 2.39. The molecular formula is C15H25NO3S. The fourth-order valence-electron chi connectivity index (χ4n) is 3.37. The summed E-state index contributed by atoms with van der Waals surface area (Å²) in [7, 11) is 0. The van der Waals surface area contributed by atoms with Crippen molar-refractivity contribution in [2.24, 2.45) is 11.3 Å². The Balaban J connectivity index is 2.03. The first-order valence-electron chi connectivity index (χ1n) is 7.48. The van der Waals surface area contributed by atoms with Gasteiger partial charge in [-0.15, -0.1) is 0 Å². The largest absolute Gasteiger partial charge is 0.480 e. The van der Waals surface area contributed by atoms with Crippen molar-refractivity contribution in [3.63, 3.8) is 0 Å². The molecule has 4 nitrogen and oxygen atoms in total. The van der Waals surface area contributed by atoms with Crippen LogP contribution in [0.4, 0.5) is 0 Å². The van der Waals surface area contributed by atoms with Gasteiger partial charge in [-0.25, -0.2) is 4.79 Å². The fraction of sp³-hybridized carbons (Fsp3) is 0.867. The molecule has 1 aliphatic heterocycles. The fourth-order valence-corrected chi connectivity index (χ4v) is 4.56. The van der Waals surface area contributed by atoms with Gasteiger partial charge < -0.3 is 10.4 Å². The molecule has 114 valence electrons. The van der Waals surface area contributed by atoms with E-state index in [0.717, 1.165) is 37.2 Å². The molecule has 5 heteroatoms. The summed E-state index contributed by atoms with van der Waals surface area (Å²) in [5, 5.41) is 12.4. The van der Waals surface area contributed by atoms with Crippen LogP contribution in [0, 0.1) is 11.3 Å². The Kier molecular flexibility index (Phi) is 4.67. The summed E-state index contributed by atoms with van der Waals surface area (Å²) >= 11 is 1.76. The Morgan fingerprint density at radius 2 is 1.85 bits per heavy atom. The quantitative estimate of drug-likeness (QED) is 0.841. The van der Waals surface area contributed by atoms with E-state index in [9.17, 15) is 14.7 Å². The first-order valence-corrected chi connectivity index (χ1v) is 8.63. The van der Waals surface area contributed by atoms with Crippen LogP contribution in [-0.4, -0.2) is 34.0 Å². The van der Waals surface area contributed by atoms with Crippen LogP contribution < -0.4 is 5.32 Å². The first kappa shape index (κ1) is 15.7. The molecule has 20 heavy (non-hydrogen) atoms. The van der Waals surface area contributed by atoms with E-state index in [2.05, 4.69) is 19.2 Å². The summed E-state index contributed by atoms with van der Waals surface area (Å²) in [5.74, 6) is 0.670. The lowest BCUT2D eigenvalue weighted by molar-refractivity contribution is -0.149. The molecule has 2 fully saturated rings. The highest BCUT2D eigenvalue weighted by Gasteiger charge is 2.43. The molecule has 2 aliphatic rings. The minimum Gasteiger partial charge on any atom is -0.480 e. The molecule has 1 unspecified atom stereocenters. The van der Waals surface area contributed by atoms with Gasteiger partial charge in [-0.2, -0.15) is 11.8 Å². The highest BCUT2D eigenvalue weighted by molar-refractivity contribution is 7.99. The Hall–Kier alpha value is -0.710. The lowest BCUT2D eigenvalue weighted by atomic mass is 9.71. The summed E-state index contributed by atoms with van der Waals surface area (Å²) < 4.78 is 0. The number of amides is 1. The Morgan fingerprint density at radius 1 is 1.20 bits per heavy atom. The first-order chi connectivity index (χ1) is 9.35. The van der Waals surface area contributed by atoms with Crippen LogP contribution in [0.1, 0.15) is 52.4 Å². The second-order valence-electron chi connectivity index (χ2n) is 6.95. The highest BCUT2D eigenvalue weighted by atomic mass is 32.2. The monoisotopic (exact) mass is 299 g/mol. The van der Waals surface area contributed by atoms with Gasteiger partial charge in [0, 0.05) is 5.92 Å². The van der Waals surface area contributed by atoms with Crippen LogP contribution in [0.3, 0.4) is 0 Å². The summed E-state index contributed by atoms with van der Waals surface area (Å²) in [4.78, 5) is 24.1. The van der Waals surface area contributed by atoms with Crippen LogP contribution in [0.15, 0.2) is 0 Å². The molecule has 0 aromatic heterocycles. The number of carboxylic acids is 1. The predicted octanol–water partition coefficient (Wildman–Crippen LogP) is 2.67. The number of hydrogen-bond donors (Lipinski definition) is 2. The predicted molar refractivity (Wildman–Crippen MR) is 80.8 cm³/mol. The minimum absolute atomic E-state index is 0.0236. The van der Waals surface area contributed by atoms with Crippen molar-refractivity contribution < 1.29 is 14.7 Å². The number of hydrogen-bond acceptors (Lipinski definition) is 3. The SMILES string of the molecule is CC1(C)CCCC(C(=O)NC2(C(=O)O)CCSCC2)C1. The maximum Gasteiger partial charge on any atom is 0.329 e. The molecule has 2 rings (SSSR count). The second kappa shape index (κ2) is 5.96. The van der Waals surface area contributed by atoms with Gasteiger partial charge in [-0.05, 0) is 49.0 Å². The maximum atomic E-state index is 12.5. The molecule has 0 bridgehead atoms. The van der Waals surface area contributed by atoms with Gasteiger partial charge in [-0.3, -0.25) is 4.79 Å². The van der Waals surface area contributed by atoms with E-state index in [0.29, 0.717) is 12.8 Å². The lowest BCUT2D eigenvalue weighted by Crippen LogP contribution is -2.58. The second-order valence-corrected chi connectivity index (χ2v) is 8.17. The number of rotatable bonds is 3. The van der Waals surface area contributed by atoms with Crippen molar-refractivity contribution in [3.8, 4) is 0 Å².